The van der Waals surface area contributed by atoms with Gasteiger partial charge in [0.05, 0.1) is 6.54 Å². The lowest BCUT2D eigenvalue weighted by Crippen LogP contribution is -2.32. The van der Waals surface area contributed by atoms with Crippen molar-refractivity contribution in [1.82, 2.24) is 5.32 Å². The summed E-state index contributed by atoms with van der Waals surface area (Å²) < 4.78 is 10.4. The van der Waals surface area contributed by atoms with Gasteiger partial charge in [-0.25, -0.2) is 0 Å². The smallest absolute Gasteiger partial charge is 0.306 e. The van der Waals surface area contributed by atoms with Crippen LogP contribution in [-0.4, -0.2) is 31.6 Å². The Morgan fingerprint density at radius 2 is 1.86 bits per heavy atom. The lowest BCUT2D eigenvalue weighted by Gasteiger charge is -2.10. The Bertz CT molecular complexity index is 469. The first-order valence-corrected chi connectivity index (χ1v) is 7.84. The van der Waals surface area contributed by atoms with E-state index in [-0.39, 0.29) is 18.5 Å². The largest absolute Gasteiger partial charge is 0.492 e. The van der Waals surface area contributed by atoms with E-state index < -0.39 is 0 Å². The van der Waals surface area contributed by atoms with E-state index in [0.29, 0.717) is 25.5 Å². The Balaban J connectivity index is 1.51. The maximum atomic E-state index is 11.6. The monoisotopic (exact) mass is 305 g/mol. The highest BCUT2D eigenvalue weighted by molar-refractivity contribution is 5.80. The second-order valence-electron chi connectivity index (χ2n) is 5.53. The number of carbonyl (C=O) groups is 2. The molecule has 1 N–H and O–H groups in total. The summed E-state index contributed by atoms with van der Waals surface area (Å²) in [5, 5.41) is 2.66. The van der Waals surface area contributed by atoms with E-state index in [1.165, 1.54) is 12.8 Å². The summed E-state index contributed by atoms with van der Waals surface area (Å²) in [6, 6.07) is 9.39. The van der Waals surface area contributed by atoms with Gasteiger partial charge in [-0.05, 0) is 30.9 Å². The fourth-order valence-corrected chi connectivity index (χ4v) is 2.58. The quantitative estimate of drug-likeness (QED) is 0.591. The number of para-hydroxylation sites is 1. The number of hydrogen-bond donors (Lipinski definition) is 1. The van der Waals surface area contributed by atoms with Gasteiger partial charge in [-0.1, -0.05) is 31.0 Å². The Morgan fingerprint density at radius 3 is 2.59 bits per heavy atom. The first-order chi connectivity index (χ1) is 10.7. The summed E-state index contributed by atoms with van der Waals surface area (Å²) in [6.45, 7) is 0.552. The van der Waals surface area contributed by atoms with Crippen LogP contribution in [0.2, 0.25) is 0 Å². The summed E-state index contributed by atoms with van der Waals surface area (Å²) >= 11 is 0. The summed E-state index contributed by atoms with van der Waals surface area (Å²) in [7, 11) is 0. The van der Waals surface area contributed by atoms with E-state index in [0.717, 1.165) is 18.6 Å². The van der Waals surface area contributed by atoms with Crippen molar-refractivity contribution in [3.8, 4) is 5.75 Å². The predicted octanol–water partition coefficient (Wildman–Crippen LogP) is 2.31. The first kappa shape index (κ1) is 16.3. The zero-order valence-electron chi connectivity index (χ0n) is 12.8. The van der Waals surface area contributed by atoms with Crippen LogP contribution in [0.1, 0.15) is 32.1 Å². The van der Waals surface area contributed by atoms with Crippen LogP contribution in [0.4, 0.5) is 0 Å². The van der Waals surface area contributed by atoms with Crippen molar-refractivity contribution in [1.29, 1.82) is 0 Å². The molecule has 0 spiro atoms. The van der Waals surface area contributed by atoms with Crippen LogP contribution in [0.3, 0.4) is 0 Å². The average Bonchev–Trinajstić information content (AvgIpc) is 3.03. The molecular weight excluding hydrogens is 282 g/mol. The number of nitrogens with one attached hydrogen (secondary N) is 1. The Kier molecular flexibility index (Phi) is 6.74. The fourth-order valence-electron chi connectivity index (χ4n) is 2.58. The van der Waals surface area contributed by atoms with Gasteiger partial charge in [-0.3, -0.25) is 9.59 Å². The molecule has 0 radical (unpaired) electrons. The van der Waals surface area contributed by atoms with Crippen molar-refractivity contribution in [3.05, 3.63) is 30.3 Å². The van der Waals surface area contributed by atoms with E-state index in [1.807, 2.05) is 30.3 Å². The molecule has 22 heavy (non-hydrogen) atoms. The zero-order chi connectivity index (χ0) is 15.6. The molecule has 5 heteroatoms. The van der Waals surface area contributed by atoms with E-state index in [9.17, 15) is 9.59 Å². The molecule has 1 saturated carbocycles. The fraction of sp³-hybridized carbons (Fsp3) is 0.529. The topological polar surface area (TPSA) is 64.6 Å². The number of carbonyl (C=O) groups excluding carboxylic acids is 2. The molecule has 1 aromatic rings. The second kappa shape index (κ2) is 9.07. The third-order valence-corrected chi connectivity index (χ3v) is 3.73. The van der Waals surface area contributed by atoms with Crippen molar-refractivity contribution in [2.24, 2.45) is 5.92 Å². The van der Waals surface area contributed by atoms with Crippen LogP contribution in [0.25, 0.3) is 0 Å². The number of esters is 1. The standard InChI is InChI=1S/C17H23NO4/c19-16(13-22-17(20)12-14-6-4-5-7-14)18-10-11-21-15-8-2-1-3-9-15/h1-3,8-9,14H,4-7,10-13H2,(H,18,19). The maximum Gasteiger partial charge on any atom is 0.306 e. The average molecular weight is 305 g/mol. The van der Waals surface area contributed by atoms with Gasteiger partial charge >= 0.3 is 5.97 Å². The van der Waals surface area contributed by atoms with Crippen molar-refractivity contribution < 1.29 is 19.1 Å². The Hall–Kier alpha value is -2.04. The zero-order valence-corrected chi connectivity index (χ0v) is 12.8. The molecular formula is C17H23NO4. The second-order valence-corrected chi connectivity index (χ2v) is 5.53. The SMILES string of the molecule is O=C(COC(=O)CC1CCCC1)NCCOc1ccccc1. The first-order valence-electron chi connectivity index (χ1n) is 7.84. The van der Waals surface area contributed by atoms with Gasteiger partial charge in [0.15, 0.2) is 6.61 Å². The van der Waals surface area contributed by atoms with Crippen LogP contribution < -0.4 is 10.1 Å². The normalized spacial score (nSPS) is 14.5. The van der Waals surface area contributed by atoms with Crippen molar-refractivity contribution in [2.75, 3.05) is 19.8 Å². The molecule has 1 aromatic carbocycles. The van der Waals surface area contributed by atoms with Crippen LogP contribution in [0.15, 0.2) is 30.3 Å². The molecule has 0 atom stereocenters. The molecule has 2 rings (SSSR count). The third-order valence-electron chi connectivity index (χ3n) is 3.73. The van der Waals surface area contributed by atoms with Gasteiger partial charge in [0.2, 0.25) is 0 Å². The van der Waals surface area contributed by atoms with Crippen LogP contribution in [-0.2, 0) is 14.3 Å². The summed E-state index contributed by atoms with van der Waals surface area (Å²) in [5.41, 5.74) is 0. The minimum atomic E-state index is -0.295. The van der Waals surface area contributed by atoms with Crippen molar-refractivity contribution in [2.45, 2.75) is 32.1 Å². The van der Waals surface area contributed by atoms with E-state index in [2.05, 4.69) is 5.32 Å². The predicted molar refractivity (Wildman–Crippen MR) is 82.5 cm³/mol. The molecule has 1 aliphatic carbocycles. The Labute approximate surface area is 131 Å². The molecule has 0 aromatic heterocycles. The molecule has 0 saturated heterocycles. The van der Waals surface area contributed by atoms with Crippen LogP contribution in [0.5, 0.6) is 5.75 Å². The van der Waals surface area contributed by atoms with Crippen LogP contribution >= 0.6 is 0 Å². The minimum Gasteiger partial charge on any atom is -0.492 e. The molecule has 1 fully saturated rings. The van der Waals surface area contributed by atoms with Gasteiger partial charge in [0, 0.05) is 6.42 Å². The number of benzene rings is 1. The van der Waals surface area contributed by atoms with Gasteiger partial charge in [0.25, 0.3) is 5.91 Å². The number of ether oxygens (including phenoxy) is 2. The summed E-state index contributed by atoms with van der Waals surface area (Å²) in [5.74, 6) is 0.633. The highest BCUT2D eigenvalue weighted by Gasteiger charge is 2.19. The minimum absolute atomic E-state index is 0.211. The lowest BCUT2D eigenvalue weighted by atomic mass is 10.1. The number of amides is 1. The molecule has 1 amide bonds. The summed E-state index contributed by atoms with van der Waals surface area (Å²) in [4.78, 5) is 23.1. The molecule has 5 nitrogen and oxygen atoms in total. The van der Waals surface area contributed by atoms with Gasteiger partial charge in [-0.2, -0.15) is 0 Å². The van der Waals surface area contributed by atoms with Gasteiger partial charge in [0.1, 0.15) is 12.4 Å². The van der Waals surface area contributed by atoms with Gasteiger partial charge in [-0.15, -0.1) is 0 Å². The maximum absolute atomic E-state index is 11.6. The van der Waals surface area contributed by atoms with Gasteiger partial charge < -0.3 is 14.8 Å². The lowest BCUT2D eigenvalue weighted by molar-refractivity contribution is -0.149. The molecule has 0 aliphatic heterocycles. The van der Waals surface area contributed by atoms with Crippen molar-refractivity contribution in [3.63, 3.8) is 0 Å². The molecule has 0 unspecified atom stereocenters. The molecule has 0 bridgehead atoms. The van der Waals surface area contributed by atoms with E-state index >= 15 is 0 Å². The number of rotatable bonds is 8. The summed E-state index contributed by atoms with van der Waals surface area (Å²) in [6.07, 6.45) is 5.01. The van der Waals surface area contributed by atoms with Crippen LogP contribution in [0, 0.1) is 5.92 Å². The molecule has 1 aliphatic rings. The van der Waals surface area contributed by atoms with E-state index in [4.69, 9.17) is 9.47 Å². The number of hydrogen-bond acceptors (Lipinski definition) is 4. The molecule has 120 valence electrons. The highest BCUT2D eigenvalue weighted by atomic mass is 16.5. The highest BCUT2D eigenvalue weighted by Crippen LogP contribution is 2.27. The van der Waals surface area contributed by atoms with Crippen molar-refractivity contribution >= 4 is 11.9 Å². The molecule has 0 heterocycles. The third kappa shape index (κ3) is 6.16. The van der Waals surface area contributed by atoms with E-state index in [1.54, 1.807) is 0 Å². The Morgan fingerprint density at radius 1 is 1.14 bits per heavy atom.